The van der Waals surface area contributed by atoms with E-state index >= 15 is 0 Å². The Bertz CT molecular complexity index is 1090. The summed E-state index contributed by atoms with van der Waals surface area (Å²) >= 11 is 0. The van der Waals surface area contributed by atoms with E-state index in [0.717, 1.165) is 12.2 Å². The minimum absolute atomic E-state index is 0.358. The van der Waals surface area contributed by atoms with Crippen LogP contribution in [-0.4, -0.2) is 111 Å². The van der Waals surface area contributed by atoms with Crippen molar-refractivity contribution in [2.24, 2.45) is 0 Å². The number of carbonyl (C=O) groups is 9. The molecule has 0 saturated carbocycles. The molecule has 0 spiro atoms. The van der Waals surface area contributed by atoms with Gasteiger partial charge < -0.3 is 51.1 Å². The van der Waals surface area contributed by atoms with Crippen LogP contribution in [0.2, 0.25) is 0 Å². The Labute approximate surface area is 241 Å². The molecule has 0 aliphatic rings. The second kappa shape index (κ2) is 30.4. The number of aliphatic hydroxyl groups excluding tert-OH is 1. The second-order valence-corrected chi connectivity index (χ2v) is 6.41. The van der Waals surface area contributed by atoms with Gasteiger partial charge in [-0.2, -0.15) is 0 Å². The fourth-order valence-electron chi connectivity index (χ4n) is 1.29. The van der Waals surface area contributed by atoms with E-state index in [4.69, 9.17) is 51.1 Å². The highest BCUT2D eigenvalue weighted by Crippen LogP contribution is 2.00. The Hall–Kier alpha value is -6.11. The fourth-order valence-corrected chi connectivity index (χ4v) is 1.29. The lowest BCUT2D eigenvalue weighted by atomic mass is 10.2. The topological polar surface area (TPSA) is 356 Å². The minimum atomic E-state index is -1.79. The maximum atomic E-state index is 10.2. The molecule has 1 atom stereocenters. The lowest BCUT2D eigenvalue weighted by Gasteiger charge is -1.97. The molecular weight excluding hydrogens is 592 g/mol. The van der Waals surface area contributed by atoms with Crippen molar-refractivity contribution >= 4 is 53.7 Å². The summed E-state index contributed by atoms with van der Waals surface area (Å²) in [5.74, 6) is -11.6. The Kier molecular flexibility index (Phi) is 33.1. The third-order valence-electron chi connectivity index (χ3n) is 2.79. The SMILES string of the molecule is C/C=C/C(=O)O.C/C=C/C=C/C(=O)O.O=C(O)/C=C(\CC(=O)O)C(=O)O.O=C(O)/C=C/C(=O)O.O=C(O)CC(O)C(=O)O. The van der Waals surface area contributed by atoms with E-state index in [1.165, 1.54) is 12.2 Å². The maximum absolute atomic E-state index is 10.2. The largest absolute Gasteiger partial charge is 0.481 e. The first-order chi connectivity index (χ1) is 19.6. The summed E-state index contributed by atoms with van der Waals surface area (Å²) in [6, 6.07) is 0. The first-order valence-electron chi connectivity index (χ1n) is 10.7. The van der Waals surface area contributed by atoms with E-state index in [9.17, 15) is 43.2 Å². The van der Waals surface area contributed by atoms with E-state index in [0.29, 0.717) is 18.2 Å². The Morgan fingerprint density at radius 3 is 1.14 bits per heavy atom. The van der Waals surface area contributed by atoms with Crippen LogP contribution in [-0.2, 0) is 43.2 Å². The molecule has 1 unspecified atom stereocenters. The molecule has 0 radical (unpaired) electrons. The van der Waals surface area contributed by atoms with Gasteiger partial charge in [0.15, 0.2) is 6.10 Å². The van der Waals surface area contributed by atoms with Crippen LogP contribution in [0.15, 0.2) is 60.3 Å². The second-order valence-electron chi connectivity index (χ2n) is 6.41. The zero-order valence-corrected chi connectivity index (χ0v) is 22.3. The smallest absolute Gasteiger partial charge is 0.333 e. The van der Waals surface area contributed by atoms with Gasteiger partial charge in [0, 0.05) is 30.4 Å². The van der Waals surface area contributed by atoms with Gasteiger partial charge in [0.2, 0.25) is 0 Å². The zero-order valence-electron chi connectivity index (χ0n) is 22.3. The number of hydrogen-bond acceptors (Lipinski definition) is 10. The zero-order chi connectivity index (χ0) is 35.1. The summed E-state index contributed by atoms with van der Waals surface area (Å²) in [6.45, 7) is 3.49. The van der Waals surface area contributed by atoms with Gasteiger partial charge in [-0.3, -0.25) is 9.59 Å². The van der Waals surface area contributed by atoms with Crippen molar-refractivity contribution in [2.45, 2.75) is 32.8 Å². The van der Waals surface area contributed by atoms with Gasteiger partial charge in [-0.25, -0.2) is 33.6 Å². The van der Waals surface area contributed by atoms with Crippen molar-refractivity contribution < 1.29 is 94.2 Å². The summed E-state index contributed by atoms with van der Waals surface area (Å²) in [4.78, 5) is 87.9. The molecule has 0 aromatic heterocycles. The molecule has 0 rings (SSSR count). The highest BCUT2D eigenvalue weighted by molar-refractivity contribution is 5.98. The molecule has 0 heterocycles. The lowest BCUT2D eigenvalue weighted by molar-refractivity contribution is -0.152. The van der Waals surface area contributed by atoms with E-state index in [-0.39, 0.29) is 0 Å². The third-order valence-corrected chi connectivity index (χ3v) is 2.79. The first kappa shape index (κ1) is 46.7. The average Bonchev–Trinajstić information content (AvgIpc) is 2.83. The Morgan fingerprint density at radius 1 is 0.535 bits per heavy atom. The number of aliphatic hydroxyl groups is 1. The van der Waals surface area contributed by atoms with Crippen LogP contribution >= 0.6 is 0 Å². The number of carboxylic acids is 9. The molecule has 0 aliphatic heterocycles. The van der Waals surface area contributed by atoms with Crippen LogP contribution in [0.1, 0.15) is 26.7 Å². The normalized spacial score (nSPS) is 10.8. The van der Waals surface area contributed by atoms with Crippen molar-refractivity contribution in [1.82, 2.24) is 0 Å². The van der Waals surface area contributed by atoms with Gasteiger partial charge in [0.05, 0.1) is 18.4 Å². The molecule has 0 aliphatic carbocycles. The van der Waals surface area contributed by atoms with E-state index in [1.807, 2.05) is 6.92 Å². The molecule has 43 heavy (non-hydrogen) atoms. The molecule has 10 N–H and O–H groups in total. The number of allylic oxidation sites excluding steroid dienone is 4. The fraction of sp³-hybridized carbons (Fsp3) is 0.208. The highest BCUT2D eigenvalue weighted by atomic mass is 16.4. The first-order valence-corrected chi connectivity index (χ1v) is 10.7. The van der Waals surface area contributed by atoms with Crippen molar-refractivity contribution in [3.05, 3.63) is 60.3 Å². The van der Waals surface area contributed by atoms with Gasteiger partial charge in [-0.1, -0.05) is 24.3 Å². The molecule has 19 heteroatoms. The van der Waals surface area contributed by atoms with Crippen LogP contribution in [0.3, 0.4) is 0 Å². The molecule has 0 aromatic carbocycles. The standard InChI is InChI=1S/C6H6O6.C6H8O2.C4H6O5.C4H4O4.C4H6O2/c7-4(8)1-3(6(11)12)2-5(9)10;1-2-3-4-5-6(7)8;5-2(4(8)9)1-3(6)7;5-3(6)1-2-4(7)8;1-2-3-4(5)6/h1H,2H2,(H,7,8)(H,9,10)(H,11,12);2-5H,1H3,(H,7,8);2,5H,1H2,(H,6,7)(H,8,9);1-2H,(H,5,6)(H,7,8);2-3H,1H3,(H,5,6)/b3-1+;3-2+,5-4+;;2-1+;3-2+. The molecule has 0 amide bonds. The Morgan fingerprint density at radius 2 is 0.953 bits per heavy atom. The number of rotatable bonds is 12. The third kappa shape index (κ3) is 57.0. The van der Waals surface area contributed by atoms with Gasteiger partial charge in [-0.15, -0.1) is 0 Å². The van der Waals surface area contributed by atoms with E-state index in [2.05, 4.69) is 0 Å². The van der Waals surface area contributed by atoms with Crippen LogP contribution in [0.25, 0.3) is 0 Å². The Balaban J connectivity index is -0.000000143. The van der Waals surface area contributed by atoms with Crippen LogP contribution in [0, 0.1) is 0 Å². The predicted molar refractivity (Wildman–Crippen MR) is 140 cm³/mol. The summed E-state index contributed by atoms with van der Waals surface area (Å²) in [5, 5.41) is 80.2. The van der Waals surface area contributed by atoms with Crippen LogP contribution in [0.4, 0.5) is 0 Å². The molecule has 0 saturated heterocycles. The van der Waals surface area contributed by atoms with Crippen molar-refractivity contribution in [3.8, 4) is 0 Å². The molecule has 0 aromatic rings. The minimum Gasteiger partial charge on any atom is -0.481 e. The van der Waals surface area contributed by atoms with Gasteiger partial charge in [0.1, 0.15) is 0 Å². The van der Waals surface area contributed by atoms with Crippen molar-refractivity contribution in [1.29, 1.82) is 0 Å². The summed E-state index contributed by atoms with van der Waals surface area (Å²) in [6.07, 6.45) is 6.67. The molecule has 240 valence electrons. The van der Waals surface area contributed by atoms with Crippen molar-refractivity contribution in [3.63, 3.8) is 0 Å². The van der Waals surface area contributed by atoms with Crippen LogP contribution < -0.4 is 0 Å². The highest BCUT2D eigenvalue weighted by Gasteiger charge is 2.16. The monoisotopic (exact) mass is 622 g/mol. The van der Waals surface area contributed by atoms with Gasteiger partial charge in [-0.05, 0) is 13.8 Å². The average molecular weight is 622 g/mol. The van der Waals surface area contributed by atoms with Gasteiger partial charge >= 0.3 is 53.7 Å². The molecule has 19 nitrogen and oxygen atoms in total. The summed E-state index contributed by atoms with van der Waals surface area (Å²) < 4.78 is 0. The predicted octanol–water partition coefficient (Wildman–Crippen LogP) is 0.0255. The van der Waals surface area contributed by atoms with Crippen LogP contribution in [0.5, 0.6) is 0 Å². The number of hydrogen-bond donors (Lipinski definition) is 10. The summed E-state index contributed by atoms with van der Waals surface area (Å²) in [5.41, 5.74) is -0.657. The molecular formula is C24H30O19. The van der Waals surface area contributed by atoms with Crippen molar-refractivity contribution in [2.75, 3.05) is 0 Å². The summed E-state index contributed by atoms with van der Waals surface area (Å²) in [7, 11) is 0. The van der Waals surface area contributed by atoms with E-state index < -0.39 is 78.2 Å². The number of carboxylic acid groups (broad SMARTS) is 9. The molecule has 0 bridgehead atoms. The van der Waals surface area contributed by atoms with Gasteiger partial charge in [0.25, 0.3) is 0 Å². The maximum Gasteiger partial charge on any atom is 0.333 e. The van der Waals surface area contributed by atoms with E-state index in [1.54, 1.807) is 19.1 Å². The lowest BCUT2D eigenvalue weighted by Crippen LogP contribution is -2.22. The molecule has 0 fully saturated rings. The quantitative estimate of drug-likeness (QED) is 0.101. The number of aliphatic carboxylic acids is 9.